The van der Waals surface area contributed by atoms with E-state index in [0.29, 0.717) is 18.5 Å². The highest BCUT2D eigenvalue weighted by Gasteiger charge is 2.41. The molecular weight excluding hydrogens is 326 g/mol. The van der Waals surface area contributed by atoms with Crippen molar-refractivity contribution in [3.63, 3.8) is 0 Å². The van der Waals surface area contributed by atoms with Crippen LogP contribution in [0.2, 0.25) is 0 Å². The predicted octanol–water partition coefficient (Wildman–Crippen LogP) is 2.01. The number of likely N-dealkylation sites (tertiary alicyclic amines) is 2. The maximum Gasteiger partial charge on any atom is 0.234 e. The molecule has 0 saturated carbocycles. The van der Waals surface area contributed by atoms with Crippen LogP contribution in [0.5, 0.6) is 0 Å². The van der Waals surface area contributed by atoms with Gasteiger partial charge in [-0.05, 0) is 56.4 Å². The molecule has 1 atom stereocenters. The highest BCUT2D eigenvalue weighted by atomic mass is 16.5. The van der Waals surface area contributed by atoms with Crippen LogP contribution in [0.25, 0.3) is 0 Å². The van der Waals surface area contributed by atoms with Crippen LogP contribution < -0.4 is 5.32 Å². The van der Waals surface area contributed by atoms with E-state index in [4.69, 9.17) is 4.74 Å². The summed E-state index contributed by atoms with van der Waals surface area (Å²) in [4.78, 5) is 17.1. The lowest BCUT2D eigenvalue weighted by molar-refractivity contribution is -0.122. The quantitative estimate of drug-likeness (QED) is 0.846. The van der Waals surface area contributed by atoms with Crippen LogP contribution in [0.15, 0.2) is 24.3 Å². The van der Waals surface area contributed by atoms with E-state index < -0.39 is 0 Å². The minimum absolute atomic E-state index is 0.127. The molecular formula is C21H31N3O2. The Bertz CT molecular complexity index is 604. The van der Waals surface area contributed by atoms with Gasteiger partial charge in [0.25, 0.3) is 0 Å². The van der Waals surface area contributed by atoms with E-state index in [1.807, 2.05) is 0 Å². The molecule has 5 nitrogen and oxygen atoms in total. The van der Waals surface area contributed by atoms with Crippen molar-refractivity contribution in [3.8, 4) is 0 Å². The number of amides is 1. The standard InChI is InChI=1S/C21H31N3O2/c25-20(15-24-11-7-21(16-24)8-12-26-17-21)22-13-18-3-5-19(6-4-18)14-23-9-1-2-10-23/h3-6H,1-2,7-17H2,(H,22,25). The number of nitrogens with one attached hydrogen (secondary N) is 1. The van der Waals surface area contributed by atoms with E-state index in [0.717, 1.165) is 39.3 Å². The van der Waals surface area contributed by atoms with Gasteiger partial charge in [0.2, 0.25) is 5.91 Å². The molecule has 1 aromatic rings. The van der Waals surface area contributed by atoms with E-state index in [-0.39, 0.29) is 5.91 Å². The number of rotatable bonds is 6. The van der Waals surface area contributed by atoms with Crippen LogP contribution in [0.3, 0.4) is 0 Å². The van der Waals surface area contributed by atoms with Gasteiger partial charge in [0.1, 0.15) is 0 Å². The van der Waals surface area contributed by atoms with E-state index >= 15 is 0 Å². The van der Waals surface area contributed by atoms with Crippen molar-refractivity contribution in [1.29, 1.82) is 0 Å². The van der Waals surface area contributed by atoms with Crippen molar-refractivity contribution in [2.24, 2.45) is 5.41 Å². The van der Waals surface area contributed by atoms with Crippen LogP contribution in [0, 0.1) is 5.41 Å². The summed E-state index contributed by atoms with van der Waals surface area (Å²) in [5.41, 5.74) is 2.86. The molecule has 5 heteroatoms. The fourth-order valence-electron chi connectivity index (χ4n) is 4.56. The van der Waals surface area contributed by atoms with Gasteiger partial charge in [-0.15, -0.1) is 0 Å². The zero-order chi connectivity index (χ0) is 17.8. The maximum atomic E-state index is 12.3. The fourth-order valence-corrected chi connectivity index (χ4v) is 4.56. The molecule has 1 N–H and O–H groups in total. The monoisotopic (exact) mass is 357 g/mol. The Morgan fingerprint density at radius 3 is 2.54 bits per heavy atom. The van der Waals surface area contributed by atoms with Crippen molar-refractivity contribution in [2.45, 2.75) is 38.8 Å². The van der Waals surface area contributed by atoms with Gasteiger partial charge in [0, 0.05) is 31.7 Å². The van der Waals surface area contributed by atoms with Gasteiger partial charge in [-0.3, -0.25) is 14.6 Å². The summed E-state index contributed by atoms with van der Waals surface area (Å²) in [6.07, 6.45) is 4.97. The molecule has 1 amide bonds. The molecule has 3 aliphatic heterocycles. The summed E-state index contributed by atoms with van der Waals surface area (Å²) >= 11 is 0. The highest BCUT2D eigenvalue weighted by Crippen LogP contribution is 2.37. The second-order valence-electron chi connectivity index (χ2n) is 8.34. The summed E-state index contributed by atoms with van der Waals surface area (Å²) in [6.45, 7) is 8.40. The molecule has 0 aromatic heterocycles. The molecule has 3 fully saturated rings. The molecule has 1 unspecified atom stereocenters. The summed E-state index contributed by atoms with van der Waals surface area (Å²) < 4.78 is 5.56. The van der Waals surface area contributed by atoms with E-state index in [9.17, 15) is 4.79 Å². The lowest BCUT2D eigenvalue weighted by Gasteiger charge is -2.21. The number of carbonyl (C=O) groups excluding carboxylic acids is 1. The van der Waals surface area contributed by atoms with Gasteiger partial charge in [-0.1, -0.05) is 24.3 Å². The largest absolute Gasteiger partial charge is 0.381 e. The van der Waals surface area contributed by atoms with E-state index in [1.165, 1.54) is 43.5 Å². The zero-order valence-corrected chi connectivity index (χ0v) is 15.7. The van der Waals surface area contributed by atoms with Gasteiger partial charge in [-0.2, -0.15) is 0 Å². The lowest BCUT2D eigenvalue weighted by Crippen LogP contribution is -2.37. The Labute approximate surface area is 156 Å². The number of hydrogen-bond acceptors (Lipinski definition) is 4. The van der Waals surface area contributed by atoms with Crippen LogP contribution in [0.4, 0.5) is 0 Å². The molecule has 1 spiro atoms. The van der Waals surface area contributed by atoms with E-state index in [1.54, 1.807) is 0 Å². The van der Waals surface area contributed by atoms with Gasteiger partial charge >= 0.3 is 0 Å². The number of nitrogens with zero attached hydrogens (tertiary/aromatic N) is 2. The van der Waals surface area contributed by atoms with Crippen LogP contribution in [-0.4, -0.2) is 61.6 Å². The van der Waals surface area contributed by atoms with Crippen molar-refractivity contribution < 1.29 is 9.53 Å². The lowest BCUT2D eigenvalue weighted by atomic mass is 9.87. The first-order chi connectivity index (χ1) is 12.7. The van der Waals surface area contributed by atoms with Gasteiger partial charge < -0.3 is 10.1 Å². The van der Waals surface area contributed by atoms with Gasteiger partial charge in [0.15, 0.2) is 0 Å². The molecule has 0 radical (unpaired) electrons. The zero-order valence-electron chi connectivity index (χ0n) is 15.7. The van der Waals surface area contributed by atoms with Crippen molar-refractivity contribution in [2.75, 3.05) is 45.9 Å². The molecule has 0 aliphatic carbocycles. The van der Waals surface area contributed by atoms with Crippen LogP contribution >= 0.6 is 0 Å². The molecule has 3 saturated heterocycles. The van der Waals surface area contributed by atoms with Crippen molar-refractivity contribution in [3.05, 3.63) is 35.4 Å². The Kier molecular flexibility index (Phi) is 5.57. The Hall–Kier alpha value is -1.43. The number of benzene rings is 1. The molecule has 4 rings (SSSR count). The number of hydrogen-bond donors (Lipinski definition) is 1. The third kappa shape index (κ3) is 4.45. The molecule has 0 bridgehead atoms. The first-order valence-electron chi connectivity index (χ1n) is 10.1. The van der Waals surface area contributed by atoms with Gasteiger partial charge in [0.05, 0.1) is 13.2 Å². The Morgan fingerprint density at radius 1 is 1.04 bits per heavy atom. The van der Waals surface area contributed by atoms with Gasteiger partial charge in [-0.25, -0.2) is 0 Å². The average molecular weight is 357 g/mol. The average Bonchev–Trinajstić information content (AvgIpc) is 3.39. The molecule has 142 valence electrons. The minimum Gasteiger partial charge on any atom is -0.381 e. The summed E-state index contributed by atoms with van der Waals surface area (Å²) in [6, 6.07) is 8.69. The second-order valence-corrected chi connectivity index (χ2v) is 8.34. The fraction of sp³-hybridized carbons (Fsp3) is 0.667. The smallest absolute Gasteiger partial charge is 0.234 e. The van der Waals surface area contributed by atoms with Crippen molar-refractivity contribution in [1.82, 2.24) is 15.1 Å². The first kappa shape index (κ1) is 18.0. The maximum absolute atomic E-state index is 12.3. The number of ether oxygens (including phenoxy) is 1. The third-order valence-electron chi connectivity index (χ3n) is 6.19. The Morgan fingerprint density at radius 2 is 1.81 bits per heavy atom. The summed E-state index contributed by atoms with van der Waals surface area (Å²) in [7, 11) is 0. The first-order valence-corrected chi connectivity index (χ1v) is 10.1. The summed E-state index contributed by atoms with van der Waals surface area (Å²) in [5, 5.41) is 3.08. The molecule has 26 heavy (non-hydrogen) atoms. The second kappa shape index (κ2) is 8.07. The molecule has 3 heterocycles. The highest BCUT2D eigenvalue weighted by molar-refractivity contribution is 5.78. The summed E-state index contributed by atoms with van der Waals surface area (Å²) in [5.74, 6) is 0.127. The molecule has 1 aromatic carbocycles. The minimum atomic E-state index is 0.127. The SMILES string of the molecule is O=C(CN1CCC2(CCOC2)C1)NCc1ccc(CN2CCCC2)cc1. The van der Waals surface area contributed by atoms with Crippen molar-refractivity contribution >= 4 is 5.91 Å². The van der Waals surface area contributed by atoms with Crippen LogP contribution in [0.1, 0.15) is 36.8 Å². The van der Waals surface area contributed by atoms with E-state index in [2.05, 4.69) is 39.4 Å². The van der Waals surface area contributed by atoms with Crippen LogP contribution in [-0.2, 0) is 22.6 Å². The Balaban J connectivity index is 1.19. The topological polar surface area (TPSA) is 44.8 Å². The normalized spacial score (nSPS) is 26.8. The predicted molar refractivity (Wildman–Crippen MR) is 102 cm³/mol. The molecule has 3 aliphatic rings. The third-order valence-corrected chi connectivity index (χ3v) is 6.19. The number of carbonyl (C=O) groups is 1.